The largest absolute Gasteiger partial charge is 0.256 e. The molecule has 0 unspecified atom stereocenters. The SMILES string of the molecule is Cc1cc(C)cc(-c2nccc3cc(C(C)C)c(C)cc23)c1. The zero-order chi connectivity index (χ0) is 15.9. The van der Waals surface area contributed by atoms with Gasteiger partial charge in [-0.3, -0.25) is 4.98 Å². The summed E-state index contributed by atoms with van der Waals surface area (Å²) >= 11 is 0. The number of benzene rings is 2. The molecule has 3 rings (SSSR count). The molecule has 0 atom stereocenters. The average molecular weight is 289 g/mol. The monoisotopic (exact) mass is 289 g/mol. The fourth-order valence-corrected chi connectivity index (χ4v) is 3.31. The molecule has 0 aliphatic carbocycles. The molecule has 1 heterocycles. The van der Waals surface area contributed by atoms with Crippen molar-refractivity contribution in [1.29, 1.82) is 0 Å². The summed E-state index contributed by atoms with van der Waals surface area (Å²) in [6.07, 6.45) is 1.93. The lowest BCUT2D eigenvalue weighted by atomic mass is 9.92. The van der Waals surface area contributed by atoms with Gasteiger partial charge in [0.15, 0.2) is 0 Å². The van der Waals surface area contributed by atoms with Crippen LogP contribution in [0.15, 0.2) is 42.6 Å². The molecule has 0 fully saturated rings. The van der Waals surface area contributed by atoms with Crippen LogP contribution in [0.2, 0.25) is 0 Å². The van der Waals surface area contributed by atoms with Crippen LogP contribution in [0, 0.1) is 20.8 Å². The molecule has 1 heteroatoms. The molecule has 2 aromatic carbocycles. The standard InChI is InChI=1S/C21H23N/c1-13(2)19-12-17-6-7-22-21(20(17)11-16(19)5)18-9-14(3)8-15(4)10-18/h6-13H,1-5H3. The fraction of sp³-hybridized carbons (Fsp3) is 0.286. The molecule has 0 bridgehead atoms. The van der Waals surface area contributed by atoms with Gasteiger partial charge in [0.1, 0.15) is 0 Å². The summed E-state index contributed by atoms with van der Waals surface area (Å²) in [5.41, 5.74) is 7.63. The van der Waals surface area contributed by atoms with E-state index in [0.717, 1.165) is 5.69 Å². The predicted molar refractivity (Wildman–Crippen MR) is 95.5 cm³/mol. The normalized spacial score (nSPS) is 11.4. The minimum absolute atomic E-state index is 0.544. The lowest BCUT2D eigenvalue weighted by Gasteiger charge is -2.14. The Hall–Kier alpha value is -2.15. The average Bonchev–Trinajstić information content (AvgIpc) is 2.44. The van der Waals surface area contributed by atoms with E-state index in [2.05, 4.69) is 76.0 Å². The van der Waals surface area contributed by atoms with Crippen LogP contribution < -0.4 is 0 Å². The van der Waals surface area contributed by atoms with Crippen LogP contribution in [0.3, 0.4) is 0 Å². The smallest absolute Gasteiger partial charge is 0.0780 e. The molecule has 0 amide bonds. The van der Waals surface area contributed by atoms with Gasteiger partial charge in [-0.1, -0.05) is 37.1 Å². The van der Waals surface area contributed by atoms with Gasteiger partial charge in [0.05, 0.1) is 5.69 Å². The van der Waals surface area contributed by atoms with Gasteiger partial charge in [-0.15, -0.1) is 0 Å². The minimum atomic E-state index is 0.544. The minimum Gasteiger partial charge on any atom is -0.256 e. The topological polar surface area (TPSA) is 12.9 Å². The first kappa shape index (κ1) is 14.8. The summed E-state index contributed by atoms with van der Waals surface area (Å²) in [5, 5.41) is 2.52. The Kier molecular flexibility index (Phi) is 3.74. The molecule has 0 saturated heterocycles. The highest BCUT2D eigenvalue weighted by atomic mass is 14.7. The van der Waals surface area contributed by atoms with E-state index >= 15 is 0 Å². The molecule has 22 heavy (non-hydrogen) atoms. The summed E-state index contributed by atoms with van der Waals surface area (Å²) in [6, 6.07) is 13.4. The summed E-state index contributed by atoms with van der Waals surface area (Å²) in [4.78, 5) is 4.67. The van der Waals surface area contributed by atoms with Gasteiger partial charge in [0, 0.05) is 17.1 Å². The second-order valence-corrected chi connectivity index (χ2v) is 6.62. The van der Waals surface area contributed by atoms with E-state index in [1.54, 1.807) is 0 Å². The van der Waals surface area contributed by atoms with Crippen molar-refractivity contribution in [2.45, 2.75) is 40.5 Å². The van der Waals surface area contributed by atoms with Crippen LogP contribution in [0.5, 0.6) is 0 Å². The Morgan fingerprint density at radius 1 is 0.864 bits per heavy atom. The lowest BCUT2D eigenvalue weighted by Crippen LogP contribution is -1.94. The Balaban J connectivity index is 2.29. The fourth-order valence-electron chi connectivity index (χ4n) is 3.31. The number of aryl methyl sites for hydroxylation is 3. The third-order valence-corrected chi connectivity index (χ3v) is 4.27. The van der Waals surface area contributed by atoms with E-state index in [1.807, 2.05) is 6.20 Å². The highest BCUT2D eigenvalue weighted by Gasteiger charge is 2.10. The lowest BCUT2D eigenvalue weighted by molar-refractivity contribution is 0.859. The van der Waals surface area contributed by atoms with E-state index in [9.17, 15) is 0 Å². The predicted octanol–water partition coefficient (Wildman–Crippen LogP) is 5.95. The van der Waals surface area contributed by atoms with E-state index in [-0.39, 0.29) is 0 Å². The van der Waals surface area contributed by atoms with E-state index in [0.29, 0.717) is 5.92 Å². The van der Waals surface area contributed by atoms with Gasteiger partial charge in [0.2, 0.25) is 0 Å². The van der Waals surface area contributed by atoms with Gasteiger partial charge in [-0.05, 0) is 67.5 Å². The molecular formula is C21H23N. The van der Waals surface area contributed by atoms with Gasteiger partial charge >= 0.3 is 0 Å². The molecule has 0 N–H and O–H groups in total. The number of pyridine rings is 1. The molecule has 1 nitrogen and oxygen atoms in total. The third-order valence-electron chi connectivity index (χ3n) is 4.27. The third kappa shape index (κ3) is 2.64. The van der Waals surface area contributed by atoms with Gasteiger partial charge < -0.3 is 0 Å². The Morgan fingerprint density at radius 3 is 2.18 bits per heavy atom. The summed E-state index contributed by atoms with van der Waals surface area (Å²) in [7, 11) is 0. The van der Waals surface area contributed by atoms with Crippen molar-refractivity contribution in [1.82, 2.24) is 4.98 Å². The maximum Gasteiger partial charge on any atom is 0.0780 e. The van der Waals surface area contributed by atoms with Crippen molar-refractivity contribution in [3.63, 3.8) is 0 Å². The number of hydrogen-bond donors (Lipinski definition) is 0. The van der Waals surface area contributed by atoms with Crippen LogP contribution in [-0.4, -0.2) is 4.98 Å². The second kappa shape index (κ2) is 5.57. The number of hydrogen-bond acceptors (Lipinski definition) is 1. The summed E-state index contributed by atoms with van der Waals surface area (Å²) in [5.74, 6) is 0.544. The van der Waals surface area contributed by atoms with E-state index < -0.39 is 0 Å². The van der Waals surface area contributed by atoms with Crippen LogP contribution in [-0.2, 0) is 0 Å². The van der Waals surface area contributed by atoms with Crippen molar-refractivity contribution in [3.8, 4) is 11.3 Å². The summed E-state index contributed by atoms with van der Waals surface area (Å²) in [6.45, 7) is 11.0. The van der Waals surface area contributed by atoms with Crippen molar-refractivity contribution in [3.05, 3.63) is 64.8 Å². The van der Waals surface area contributed by atoms with E-state index in [4.69, 9.17) is 0 Å². The van der Waals surface area contributed by atoms with Crippen molar-refractivity contribution in [2.24, 2.45) is 0 Å². The van der Waals surface area contributed by atoms with Gasteiger partial charge in [-0.25, -0.2) is 0 Å². The Morgan fingerprint density at radius 2 is 1.55 bits per heavy atom. The maximum absolute atomic E-state index is 4.67. The van der Waals surface area contributed by atoms with Crippen LogP contribution in [0.1, 0.15) is 42.0 Å². The highest BCUT2D eigenvalue weighted by molar-refractivity contribution is 5.95. The van der Waals surface area contributed by atoms with Crippen LogP contribution >= 0.6 is 0 Å². The molecule has 0 aliphatic rings. The Bertz CT molecular complexity index is 824. The van der Waals surface area contributed by atoms with Crippen molar-refractivity contribution in [2.75, 3.05) is 0 Å². The zero-order valence-corrected chi connectivity index (χ0v) is 14.1. The molecule has 1 aromatic heterocycles. The number of aromatic nitrogens is 1. The first-order valence-electron chi connectivity index (χ1n) is 7.93. The van der Waals surface area contributed by atoms with E-state index in [1.165, 1.54) is 38.6 Å². The van der Waals surface area contributed by atoms with Crippen LogP contribution in [0.25, 0.3) is 22.0 Å². The maximum atomic E-state index is 4.67. The first-order chi connectivity index (χ1) is 10.5. The molecule has 3 aromatic rings. The van der Waals surface area contributed by atoms with Gasteiger partial charge in [0.25, 0.3) is 0 Å². The molecule has 0 aliphatic heterocycles. The molecular weight excluding hydrogens is 266 g/mol. The molecule has 0 spiro atoms. The van der Waals surface area contributed by atoms with Crippen LogP contribution in [0.4, 0.5) is 0 Å². The molecule has 0 radical (unpaired) electrons. The summed E-state index contributed by atoms with van der Waals surface area (Å²) < 4.78 is 0. The number of fused-ring (bicyclic) bond motifs is 1. The number of rotatable bonds is 2. The number of nitrogens with zero attached hydrogens (tertiary/aromatic N) is 1. The first-order valence-corrected chi connectivity index (χ1v) is 7.93. The highest BCUT2D eigenvalue weighted by Crippen LogP contribution is 2.31. The van der Waals surface area contributed by atoms with Crippen molar-refractivity contribution >= 4 is 10.8 Å². The van der Waals surface area contributed by atoms with Crippen molar-refractivity contribution < 1.29 is 0 Å². The van der Waals surface area contributed by atoms with Gasteiger partial charge in [-0.2, -0.15) is 0 Å². The quantitative estimate of drug-likeness (QED) is 0.568. The molecule has 112 valence electrons. The zero-order valence-electron chi connectivity index (χ0n) is 14.1. The molecule has 0 saturated carbocycles. The second-order valence-electron chi connectivity index (χ2n) is 6.62. The Labute approximate surface area is 133 Å².